The lowest BCUT2D eigenvalue weighted by molar-refractivity contribution is 0.357. The van der Waals surface area contributed by atoms with Crippen molar-refractivity contribution in [2.75, 3.05) is 26.5 Å². The first-order valence-corrected chi connectivity index (χ1v) is 39.1. The van der Waals surface area contributed by atoms with Crippen LogP contribution < -0.4 is 14.8 Å². The van der Waals surface area contributed by atoms with Crippen LogP contribution in [0.25, 0.3) is 34.2 Å². The Balaban J connectivity index is 0.000000167. The fourth-order valence-corrected chi connectivity index (χ4v) is 15.7. The molecule has 0 bridgehead atoms. The number of alkyl halides is 1. The van der Waals surface area contributed by atoms with E-state index in [1.807, 2.05) is 121 Å². The molecule has 3 aromatic heterocycles. The first-order chi connectivity index (χ1) is 47.6. The Kier molecular flexibility index (Phi) is 27.8. The summed E-state index contributed by atoms with van der Waals surface area (Å²) in [6, 6.07) is 55.8. The topological polar surface area (TPSA) is 283 Å². The predicted molar refractivity (Wildman–Crippen MR) is 392 cm³/mol. The maximum absolute atomic E-state index is 13.5. The summed E-state index contributed by atoms with van der Waals surface area (Å²) >= 11 is 3.36. The third-order valence-electron chi connectivity index (χ3n) is 18.0. The Bertz CT molecular complexity index is 4440. The van der Waals surface area contributed by atoms with Crippen LogP contribution in [0.2, 0.25) is 0 Å². The molecule has 0 amide bonds. The number of halogens is 1. The fourth-order valence-electron chi connectivity index (χ4n) is 12.6. The first-order valence-electron chi connectivity index (χ1n) is 33.6. The smallest absolute Gasteiger partial charge is 0.243 e. The van der Waals surface area contributed by atoms with Crippen molar-refractivity contribution in [1.82, 2.24) is 74.8 Å². The van der Waals surface area contributed by atoms with Crippen LogP contribution in [-0.4, -0.2) is 118 Å². The minimum absolute atomic E-state index is 0. The second-order valence-electron chi connectivity index (χ2n) is 25.0. The van der Waals surface area contributed by atoms with Gasteiger partial charge in [0.05, 0.1) is 27.8 Å². The molecule has 26 heteroatoms. The van der Waals surface area contributed by atoms with Gasteiger partial charge in [-0.2, -0.15) is 19.1 Å². The van der Waals surface area contributed by atoms with Crippen molar-refractivity contribution in [3.8, 4) is 34.2 Å². The molecule has 0 aliphatic heterocycles. The fraction of sp³-hybridized carbons (Fsp3) is 0.384. The highest BCUT2D eigenvalue weighted by Crippen LogP contribution is 2.35. The molecule has 3 aliphatic carbocycles. The summed E-state index contributed by atoms with van der Waals surface area (Å²) in [4.78, 5) is 3.75. The number of rotatable bonds is 22. The van der Waals surface area contributed by atoms with Crippen LogP contribution in [-0.2, 0) is 67.9 Å². The minimum Gasteiger partial charge on any atom is -0.382 e. The van der Waals surface area contributed by atoms with Crippen LogP contribution in [0.4, 0.5) is 5.69 Å². The van der Waals surface area contributed by atoms with Gasteiger partial charge < -0.3 is 5.32 Å². The number of H-pyrrole nitrogens is 1. The van der Waals surface area contributed by atoms with Gasteiger partial charge in [-0.1, -0.05) is 240 Å². The van der Waals surface area contributed by atoms with Crippen LogP contribution in [0.15, 0.2) is 191 Å². The third-order valence-corrected chi connectivity index (χ3v) is 23.3. The van der Waals surface area contributed by atoms with Gasteiger partial charge >= 0.3 is 0 Å². The Hall–Kier alpha value is -8.24. The highest BCUT2D eigenvalue weighted by Gasteiger charge is 2.27. The van der Waals surface area contributed by atoms with Crippen molar-refractivity contribution >= 4 is 51.7 Å². The summed E-state index contributed by atoms with van der Waals surface area (Å²) in [5, 5.41) is 44.7. The number of aromatic amines is 1. The van der Waals surface area contributed by atoms with Gasteiger partial charge in [0.2, 0.25) is 47.5 Å². The Morgan fingerprint density at radius 3 is 1.33 bits per heavy atom. The molecule has 10 aromatic rings. The van der Waals surface area contributed by atoms with E-state index in [0.29, 0.717) is 60.5 Å². The molecule has 3 fully saturated rings. The van der Waals surface area contributed by atoms with Gasteiger partial charge in [0.25, 0.3) is 0 Å². The number of benzene rings is 7. The van der Waals surface area contributed by atoms with Crippen LogP contribution in [0.1, 0.15) is 137 Å². The van der Waals surface area contributed by atoms with E-state index in [-0.39, 0.29) is 22.1 Å². The standard InChI is InChI=1S/C29H33N5O2S.C22H27N5O2S.C14H20N6O2S.C7H7Br.CH4/c1-33(21-24-13-7-3-8-14-24)37(35,36)27-18-17-26(19-23-11-5-2-6-12-23)28(20-27)29-30-32-34(31-29)22-25-15-9-4-10-16-25;1-23-30(28,29)20-13-12-19(14-17-8-4-2-5-9-17)21(15-20)22-24-26-27(25-22)16-18-10-6-3-7-11-18;1-15-23(21,22)11-7-8-13(16-10-5-3-2-4-6-10)12(9-11)14-17-19-20-18-14;8-6-7-4-2-1-3-5-7;/h3-4,7-10,13-18,20,23H,2,5-6,11-12,19,21-22H2,1H3;3,6-7,10-13,15,17,23H,2,4-5,8-9,14,16H2,1H3;7-10,15-16H,2-6H2,1H3,(H,17,18,19,20);1-5H,6H2;1H4. The van der Waals surface area contributed by atoms with Gasteiger partial charge in [0.1, 0.15) is 0 Å². The molecule has 0 saturated heterocycles. The van der Waals surface area contributed by atoms with E-state index in [1.54, 1.807) is 59.1 Å². The van der Waals surface area contributed by atoms with Crippen molar-refractivity contribution in [3.05, 3.63) is 209 Å². The third kappa shape index (κ3) is 21.4. The normalized spacial score (nSPS) is 14.7. The molecule has 0 radical (unpaired) electrons. The van der Waals surface area contributed by atoms with Gasteiger partial charge in [0.15, 0.2) is 0 Å². The van der Waals surface area contributed by atoms with E-state index in [1.165, 1.54) is 107 Å². The molecule has 0 unspecified atom stereocenters. The van der Waals surface area contributed by atoms with Crippen molar-refractivity contribution in [3.63, 3.8) is 0 Å². The second kappa shape index (κ2) is 36.7. The van der Waals surface area contributed by atoms with E-state index in [0.717, 1.165) is 75.6 Å². The molecular weight excluding hydrogens is 1370 g/mol. The molecule has 0 spiro atoms. The van der Waals surface area contributed by atoms with Gasteiger partial charge in [-0.3, -0.25) is 0 Å². The van der Waals surface area contributed by atoms with Crippen molar-refractivity contribution in [2.45, 2.75) is 162 Å². The Labute approximate surface area is 591 Å². The number of nitrogens with zero attached hydrogens (tertiary/aromatic N) is 12. The van der Waals surface area contributed by atoms with Gasteiger partial charge in [0, 0.05) is 47.3 Å². The van der Waals surface area contributed by atoms with Crippen molar-refractivity contribution in [1.29, 1.82) is 0 Å². The molecule has 3 heterocycles. The lowest BCUT2D eigenvalue weighted by Crippen LogP contribution is -2.26. The molecule has 4 N–H and O–H groups in total. The Morgan fingerprint density at radius 2 is 0.899 bits per heavy atom. The van der Waals surface area contributed by atoms with Crippen LogP contribution >= 0.6 is 15.9 Å². The number of anilines is 1. The number of nitrogens with one attached hydrogen (secondary N) is 4. The summed E-state index contributed by atoms with van der Waals surface area (Å²) in [6.45, 7) is 1.32. The summed E-state index contributed by atoms with van der Waals surface area (Å²) in [5.41, 5.74) is 9.53. The van der Waals surface area contributed by atoms with E-state index >= 15 is 0 Å². The average molecular weight is 1460 g/mol. The van der Waals surface area contributed by atoms with Crippen molar-refractivity contribution in [2.24, 2.45) is 11.8 Å². The summed E-state index contributed by atoms with van der Waals surface area (Å²) in [5.74, 6) is 2.50. The number of tetrazole rings is 3. The molecule has 99 heavy (non-hydrogen) atoms. The van der Waals surface area contributed by atoms with E-state index in [2.05, 4.69) is 94.3 Å². The number of hydrogen-bond donors (Lipinski definition) is 4. The summed E-state index contributed by atoms with van der Waals surface area (Å²) < 4.78 is 81.9. The van der Waals surface area contributed by atoms with Crippen LogP contribution in [0, 0.1) is 11.8 Å². The summed E-state index contributed by atoms with van der Waals surface area (Å²) in [7, 11) is -6.37. The molecule has 22 nitrogen and oxygen atoms in total. The molecule has 13 rings (SSSR count). The maximum Gasteiger partial charge on any atom is 0.243 e. The monoisotopic (exact) mass is 1460 g/mol. The number of hydrogen-bond acceptors (Lipinski definition) is 16. The molecule has 7 aromatic carbocycles. The predicted octanol–water partition coefficient (Wildman–Crippen LogP) is 13.5. The van der Waals surface area contributed by atoms with Crippen LogP contribution in [0.3, 0.4) is 0 Å². The number of aromatic nitrogens is 12. The molecular formula is C73H91BrN16O6S3. The summed E-state index contributed by atoms with van der Waals surface area (Å²) in [6.07, 6.45) is 20.2. The van der Waals surface area contributed by atoms with E-state index in [4.69, 9.17) is 0 Å². The van der Waals surface area contributed by atoms with Crippen LogP contribution in [0.5, 0.6) is 0 Å². The second-order valence-corrected chi connectivity index (χ2v) is 31.4. The first kappa shape index (κ1) is 75.0. The van der Waals surface area contributed by atoms with Gasteiger partial charge in [-0.15, -0.1) is 30.6 Å². The SMILES string of the molecule is BrCc1ccccc1.C.CN(Cc1ccccc1)S(=O)(=O)c1ccc(CC2CCCCC2)c(-c2nnn(Cc3ccccc3)n2)c1.CNS(=O)(=O)c1ccc(CC2CCCCC2)c(-c2nnn(Cc3ccccc3)n2)c1.CNS(=O)(=O)c1ccc(NC2CCCCC2)c(-c2nn[nH]n2)c1. The largest absolute Gasteiger partial charge is 0.382 e. The van der Waals surface area contributed by atoms with Gasteiger partial charge in [-0.05, 0) is 143 Å². The average Bonchev–Trinajstić information content (AvgIpc) is 1.59. The molecule has 3 aliphatic rings. The quantitative estimate of drug-likeness (QED) is 0.0459. The molecule has 524 valence electrons. The molecule has 0 atom stereocenters. The van der Waals surface area contributed by atoms with E-state index < -0.39 is 30.1 Å². The lowest BCUT2D eigenvalue weighted by Gasteiger charge is -2.25. The Morgan fingerprint density at radius 1 is 0.485 bits per heavy atom. The lowest BCUT2D eigenvalue weighted by atomic mass is 9.84. The number of sulfonamides is 3. The zero-order valence-corrected chi connectivity index (χ0v) is 59.8. The van der Waals surface area contributed by atoms with Gasteiger partial charge in [-0.25, -0.2) is 34.7 Å². The molecule has 3 saturated carbocycles. The highest BCUT2D eigenvalue weighted by atomic mass is 79.9. The minimum atomic E-state index is -3.71. The van der Waals surface area contributed by atoms with Crippen molar-refractivity contribution < 1.29 is 25.3 Å². The highest BCUT2D eigenvalue weighted by molar-refractivity contribution is 9.08. The van der Waals surface area contributed by atoms with E-state index in [9.17, 15) is 25.3 Å². The zero-order chi connectivity index (χ0) is 68.7. The zero-order valence-electron chi connectivity index (χ0n) is 55.7. The maximum atomic E-state index is 13.5.